The zero-order valence-electron chi connectivity index (χ0n) is 13.1. The van der Waals surface area contributed by atoms with E-state index in [1.165, 1.54) is 18.5 Å². The zero-order chi connectivity index (χ0) is 15.6. The van der Waals surface area contributed by atoms with Crippen LogP contribution in [-0.4, -0.2) is 38.7 Å². The molecule has 4 rings (SSSR count). The van der Waals surface area contributed by atoms with E-state index in [4.69, 9.17) is 0 Å². The average Bonchev–Trinajstić information content (AvgIpc) is 3.15. The van der Waals surface area contributed by atoms with Gasteiger partial charge in [0.25, 0.3) is 0 Å². The molecule has 7 heteroatoms. The first-order valence-electron chi connectivity index (χ1n) is 7.98. The molecule has 23 heavy (non-hydrogen) atoms. The molecule has 4 heterocycles. The van der Waals surface area contributed by atoms with Crippen LogP contribution in [0.15, 0.2) is 29.9 Å². The zero-order valence-corrected chi connectivity index (χ0v) is 14.0. The van der Waals surface area contributed by atoms with Crippen LogP contribution in [0.1, 0.15) is 24.2 Å². The van der Waals surface area contributed by atoms with Gasteiger partial charge in [-0.05, 0) is 31.9 Å². The Balaban J connectivity index is 1.43. The van der Waals surface area contributed by atoms with E-state index in [2.05, 4.69) is 48.3 Å². The van der Waals surface area contributed by atoms with Crippen molar-refractivity contribution in [2.75, 3.05) is 18.0 Å². The van der Waals surface area contributed by atoms with E-state index in [0.717, 1.165) is 36.1 Å². The number of hydrogen-bond acceptors (Lipinski definition) is 6. The number of nitrogens with one attached hydrogen (secondary N) is 1. The molecule has 0 bridgehead atoms. The number of thiazole rings is 1. The van der Waals surface area contributed by atoms with Crippen molar-refractivity contribution >= 4 is 22.1 Å². The third-order valence-electron chi connectivity index (χ3n) is 4.42. The number of hydrogen-bond donors (Lipinski definition) is 1. The number of piperidine rings is 1. The quantitative estimate of drug-likeness (QED) is 0.796. The third kappa shape index (κ3) is 2.94. The summed E-state index contributed by atoms with van der Waals surface area (Å²) in [5, 5.41) is 14.0. The second-order valence-electron chi connectivity index (χ2n) is 5.95. The molecule has 0 aromatic carbocycles. The van der Waals surface area contributed by atoms with Gasteiger partial charge in [0.1, 0.15) is 0 Å². The maximum Gasteiger partial charge on any atom is 0.194 e. The molecule has 0 spiro atoms. The summed E-state index contributed by atoms with van der Waals surface area (Å²) in [6, 6.07) is 4.45. The van der Waals surface area contributed by atoms with Crippen LogP contribution < -0.4 is 10.2 Å². The highest BCUT2D eigenvalue weighted by Crippen LogP contribution is 2.19. The number of aromatic nitrogens is 4. The molecule has 3 aromatic rings. The molecule has 0 radical (unpaired) electrons. The Hall–Kier alpha value is -1.99. The molecule has 0 amide bonds. The Morgan fingerprint density at radius 2 is 2.39 bits per heavy atom. The van der Waals surface area contributed by atoms with Crippen molar-refractivity contribution in [2.24, 2.45) is 0 Å². The molecule has 1 atom stereocenters. The van der Waals surface area contributed by atoms with Crippen LogP contribution >= 0.6 is 11.3 Å². The van der Waals surface area contributed by atoms with Crippen LogP contribution in [0.4, 0.5) is 5.82 Å². The van der Waals surface area contributed by atoms with Gasteiger partial charge in [0.2, 0.25) is 0 Å². The van der Waals surface area contributed by atoms with Gasteiger partial charge in [0.05, 0.1) is 11.4 Å². The molecular weight excluding hydrogens is 308 g/mol. The maximum absolute atomic E-state index is 4.61. The summed E-state index contributed by atoms with van der Waals surface area (Å²) < 4.78 is 2.19. The van der Waals surface area contributed by atoms with E-state index in [-0.39, 0.29) is 0 Å². The Labute approximate surface area is 139 Å². The van der Waals surface area contributed by atoms with Crippen LogP contribution in [-0.2, 0) is 6.54 Å². The fourth-order valence-electron chi connectivity index (χ4n) is 3.21. The Morgan fingerprint density at radius 3 is 3.26 bits per heavy atom. The molecule has 3 aromatic heterocycles. The highest BCUT2D eigenvalue weighted by atomic mass is 32.1. The van der Waals surface area contributed by atoms with E-state index in [9.17, 15) is 0 Å². The van der Waals surface area contributed by atoms with Crippen LogP contribution in [0.2, 0.25) is 0 Å². The van der Waals surface area contributed by atoms with Crippen molar-refractivity contribution in [3.05, 3.63) is 41.3 Å². The third-order valence-corrected chi connectivity index (χ3v) is 5.18. The fourth-order valence-corrected chi connectivity index (χ4v) is 3.99. The molecule has 1 N–H and O–H groups in total. The number of rotatable bonds is 4. The lowest BCUT2D eigenvalue weighted by Gasteiger charge is -2.33. The van der Waals surface area contributed by atoms with Crippen LogP contribution in [0.3, 0.4) is 0 Å². The van der Waals surface area contributed by atoms with E-state index in [0.29, 0.717) is 6.04 Å². The summed E-state index contributed by atoms with van der Waals surface area (Å²) in [7, 11) is 0. The van der Waals surface area contributed by atoms with Crippen molar-refractivity contribution in [1.29, 1.82) is 0 Å². The van der Waals surface area contributed by atoms with Crippen LogP contribution in [0, 0.1) is 6.92 Å². The lowest BCUT2D eigenvalue weighted by Crippen LogP contribution is -2.46. The van der Waals surface area contributed by atoms with Gasteiger partial charge in [0, 0.05) is 43.4 Å². The molecular formula is C16H20N6S. The second-order valence-corrected chi connectivity index (χ2v) is 6.82. The van der Waals surface area contributed by atoms with Gasteiger partial charge < -0.3 is 10.2 Å². The monoisotopic (exact) mass is 328 g/mol. The molecule has 1 aliphatic heterocycles. The second kappa shape index (κ2) is 6.25. The molecule has 0 unspecified atom stereocenters. The molecule has 1 fully saturated rings. The molecule has 120 valence electrons. The van der Waals surface area contributed by atoms with Crippen LogP contribution in [0.25, 0.3) is 4.96 Å². The van der Waals surface area contributed by atoms with Gasteiger partial charge in [-0.25, -0.2) is 4.98 Å². The summed E-state index contributed by atoms with van der Waals surface area (Å²) >= 11 is 1.68. The van der Waals surface area contributed by atoms with Crippen molar-refractivity contribution in [2.45, 2.75) is 32.4 Å². The molecule has 0 aliphatic carbocycles. The van der Waals surface area contributed by atoms with E-state index in [1.54, 1.807) is 17.5 Å². The number of aryl methyl sites for hydroxylation is 1. The number of nitrogens with zero attached hydrogens (tertiary/aromatic N) is 5. The minimum absolute atomic E-state index is 0.467. The van der Waals surface area contributed by atoms with Crippen molar-refractivity contribution in [1.82, 2.24) is 24.9 Å². The van der Waals surface area contributed by atoms with Gasteiger partial charge in [0.15, 0.2) is 10.8 Å². The minimum Gasteiger partial charge on any atom is -0.354 e. The summed E-state index contributed by atoms with van der Waals surface area (Å²) in [4.78, 5) is 8.00. The van der Waals surface area contributed by atoms with E-state index < -0.39 is 0 Å². The van der Waals surface area contributed by atoms with Gasteiger partial charge in [-0.15, -0.1) is 16.4 Å². The van der Waals surface area contributed by atoms with Gasteiger partial charge in [-0.2, -0.15) is 5.10 Å². The smallest absolute Gasteiger partial charge is 0.194 e. The molecule has 6 nitrogen and oxygen atoms in total. The van der Waals surface area contributed by atoms with Gasteiger partial charge >= 0.3 is 0 Å². The Bertz CT molecular complexity index is 780. The van der Waals surface area contributed by atoms with E-state index in [1.807, 2.05) is 12.1 Å². The lowest BCUT2D eigenvalue weighted by molar-refractivity contribution is 0.416. The predicted molar refractivity (Wildman–Crippen MR) is 91.9 cm³/mol. The number of imidazole rings is 1. The number of anilines is 1. The van der Waals surface area contributed by atoms with Gasteiger partial charge in [-0.1, -0.05) is 0 Å². The highest BCUT2D eigenvalue weighted by molar-refractivity contribution is 7.15. The SMILES string of the molecule is Cc1nc2sccn2c1CN[C@H]1CCCN(c2cccnn2)C1. The van der Waals surface area contributed by atoms with E-state index >= 15 is 0 Å². The number of fused-ring (bicyclic) bond motifs is 1. The highest BCUT2D eigenvalue weighted by Gasteiger charge is 2.21. The van der Waals surface area contributed by atoms with Crippen molar-refractivity contribution in [3.8, 4) is 0 Å². The fraction of sp³-hybridized carbons (Fsp3) is 0.438. The lowest BCUT2D eigenvalue weighted by atomic mass is 10.1. The first kappa shape index (κ1) is 14.6. The topological polar surface area (TPSA) is 58.4 Å². The summed E-state index contributed by atoms with van der Waals surface area (Å²) in [6.45, 7) is 4.97. The molecule has 0 saturated carbocycles. The summed E-state index contributed by atoms with van der Waals surface area (Å²) in [5.74, 6) is 0.972. The largest absolute Gasteiger partial charge is 0.354 e. The van der Waals surface area contributed by atoms with Gasteiger partial charge in [-0.3, -0.25) is 4.40 Å². The van der Waals surface area contributed by atoms with Crippen molar-refractivity contribution in [3.63, 3.8) is 0 Å². The Morgan fingerprint density at radius 1 is 1.43 bits per heavy atom. The minimum atomic E-state index is 0.467. The normalized spacial score (nSPS) is 18.7. The molecule has 1 saturated heterocycles. The average molecular weight is 328 g/mol. The molecule has 1 aliphatic rings. The summed E-state index contributed by atoms with van der Waals surface area (Å²) in [5.41, 5.74) is 2.38. The summed E-state index contributed by atoms with van der Waals surface area (Å²) in [6.07, 6.45) is 6.19. The first-order valence-corrected chi connectivity index (χ1v) is 8.86. The standard InChI is InChI=1S/C16H20N6S/c1-12-14(22-8-9-23-16(22)19-12)10-17-13-4-3-7-21(11-13)15-5-2-6-18-20-15/h2,5-6,8-9,13,17H,3-4,7,10-11H2,1H3/t13-/m0/s1. The Kier molecular flexibility index (Phi) is 3.97. The first-order chi connectivity index (χ1) is 11.3. The van der Waals surface area contributed by atoms with Crippen LogP contribution in [0.5, 0.6) is 0 Å². The maximum atomic E-state index is 4.61. The predicted octanol–water partition coefficient (Wildman–Crippen LogP) is 2.25. The van der Waals surface area contributed by atoms with Crippen molar-refractivity contribution < 1.29 is 0 Å².